The van der Waals surface area contributed by atoms with Crippen LogP contribution in [-0.4, -0.2) is 22.5 Å². The number of carbonyl (C=O) groups excluding carboxylic acids is 1. The van der Waals surface area contributed by atoms with Crippen LogP contribution in [-0.2, 0) is 16.0 Å². The molecule has 6 heteroatoms. The summed E-state index contributed by atoms with van der Waals surface area (Å²) in [5, 5.41) is 13.3. The van der Waals surface area contributed by atoms with E-state index in [9.17, 15) is 14.7 Å². The van der Waals surface area contributed by atoms with E-state index in [1.165, 1.54) is 0 Å². The lowest BCUT2D eigenvalue weighted by atomic mass is 9.73. The first-order chi connectivity index (χ1) is 10.3. The lowest BCUT2D eigenvalue weighted by molar-refractivity contribution is -0.151. The average Bonchev–Trinajstić information content (AvgIpc) is 2.44. The van der Waals surface area contributed by atoms with E-state index in [1.54, 1.807) is 18.2 Å². The summed E-state index contributed by atoms with van der Waals surface area (Å²) in [5.41, 5.74) is -0.540. The number of benzene rings is 1. The van der Waals surface area contributed by atoms with E-state index in [-0.39, 0.29) is 18.2 Å². The quantitative estimate of drug-likeness (QED) is 0.876. The third kappa shape index (κ3) is 3.55. The molecule has 0 radical (unpaired) electrons. The molecule has 0 saturated heterocycles. The van der Waals surface area contributed by atoms with Gasteiger partial charge in [0.15, 0.2) is 0 Å². The first-order valence-electron chi connectivity index (χ1n) is 7.33. The number of aliphatic carboxylic acids is 1. The van der Waals surface area contributed by atoms with E-state index in [0.717, 1.165) is 19.3 Å². The molecule has 0 heterocycles. The Morgan fingerprint density at radius 1 is 1.36 bits per heavy atom. The molecule has 1 aliphatic rings. The number of hydrogen-bond donors (Lipinski definition) is 2. The fraction of sp³-hybridized carbons (Fsp3) is 0.500. The summed E-state index contributed by atoms with van der Waals surface area (Å²) in [6.45, 7) is 1.88. The highest BCUT2D eigenvalue weighted by Gasteiger charge is 2.46. The smallest absolute Gasteiger partial charge is 0.329 e. The molecule has 1 aromatic carbocycles. The van der Waals surface area contributed by atoms with Gasteiger partial charge in [-0.15, -0.1) is 0 Å². The summed E-state index contributed by atoms with van der Waals surface area (Å²) in [4.78, 5) is 24.0. The third-order valence-corrected chi connectivity index (χ3v) is 5.00. The summed E-state index contributed by atoms with van der Waals surface area (Å²) in [5.74, 6) is -1.39. The summed E-state index contributed by atoms with van der Waals surface area (Å²) in [6.07, 6.45) is 3.10. The Morgan fingerprint density at radius 2 is 2.09 bits per heavy atom. The molecule has 0 bridgehead atoms. The molecule has 0 spiro atoms. The molecule has 4 nitrogen and oxygen atoms in total. The monoisotopic (exact) mass is 343 g/mol. The molecule has 2 unspecified atom stereocenters. The molecule has 0 aliphatic heterocycles. The summed E-state index contributed by atoms with van der Waals surface area (Å²) in [7, 11) is 0. The van der Waals surface area contributed by atoms with Crippen molar-refractivity contribution < 1.29 is 14.7 Å². The summed E-state index contributed by atoms with van der Waals surface area (Å²) < 4.78 is 0. The van der Waals surface area contributed by atoms with Crippen LogP contribution >= 0.6 is 23.2 Å². The number of halogens is 2. The zero-order valence-corrected chi connectivity index (χ0v) is 13.9. The zero-order chi connectivity index (χ0) is 16.3. The first kappa shape index (κ1) is 17.1. The van der Waals surface area contributed by atoms with Crippen LogP contribution < -0.4 is 5.32 Å². The Balaban J connectivity index is 2.13. The van der Waals surface area contributed by atoms with E-state index in [4.69, 9.17) is 23.2 Å². The minimum Gasteiger partial charge on any atom is -0.479 e. The second kappa shape index (κ2) is 6.88. The number of hydrogen-bond acceptors (Lipinski definition) is 2. The number of carbonyl (C=O) groups is 2. The molecule has 22 heavy (non-hydrogen) atoms. The second-order valence-corrected chi connectivity index (χ2v) is 6.73. The topological polar surface area (TPSA) is 66.4 Å². The molecule has 120 valence electrons. The molecule has 0 aromatic heterocycles. The maximum atomic E-state index is 12.3. The second-order valence-electron chi connectivity index (χ2n) is 5.88. The highest BCUT2D eigenvalue weighted by Crippen LogP contribution is 2.34. The van der Waals surface area contributed by atoms with Gasteiger partial charge in [-0.1, -0.05) is 49.0 Å². The van der Waals surface area contributed by atoms with Gasteiger partial charge in [0.2, 0.25) is 5.91 Å². The van der Waals surface area contributed by atoms with Gasteiger partial charge in [0, 0.05) is 10.0 Å². The van der Waals surface area contributed by atoms with E-state index in [1.807, 2.05) is 6.92 Å². The van der Waals surface area contributed by atoms with Crippen molar-refractivity contribution in [3.63, 3.8) is 0 Å². The van der Waals surface area contributed by atoms with Crippen molar-refractivity contribution >= 4 is 35.1 Å². The van der Waals surface area contributed by atoms with Crippen molar-refractivity contribution in [1.82, 2.24) is 5.32 Å². The number of carboxylic acid groups (broad SMARTS) is 1. The van der Waals surface area contributed by atoms with E-state index in [0.29, 0.717) is 22.0 Å². The van der Waals surface area contributed by atoms with Crippen molar-refractivity contribution in [3.8, 4) is 0 Å². The molecule has 1 aliphatic carbocycles. The Labute approximate surface area is 139 Å². The Bertz CT molecular complexity index is 591. The van der Waals surface area contributed by atoms with E-state index in [2.05, 4.69) is 5.32 Å². The van der Waals surface area contributed by atoms with Crippen molar-refractivity contribution in [2.45, 2.75) is 44.6 Å². The van der Waals surface area contributed by atoms with Gasteiger partial charge in [0.1, 0.15) is 5.54 Å². The molecular formula is C16H19Cl2NO3. The molecule has 2 N–H and O–H groups in total. The van der Waals surface area contributed by atoms with Gasteiger partial charge in [-0.3, -0.25) is 4.79 Å². The predicted octanol–water partition coefficient (Wildman–Crippen LogP) is 3.69. The van der Waals surface area contributed by atoms with Gasteiger partial charge in [0.25, 0.3) is 0 Å². The van der Waals surface area contributed by atoms with Gasteiger partial charge in [-0.05, 0) is 36.5 Å². The number of carboxylic acids is 1. The van der Waals surface area contributed by atoms with Crippen molar-refractivity contribution in [2.75, 3.05) is 0 Å². The van der Waals surface area contributed by atoms with Crippen LogP contribution in [0, 0.1) is 5.92 Å². The molecule has 2 rings (SSSR count). The van der Waals surface area contributed by atoms with Crippen molar-refractivity contribution in [3.05, 3.63) is 33.8 Å². The predicted molar refractivity (Wildman–Crippen MR) is 86.3 cm³/mol. The Morgan fingerprint density at radius 3 is 2.68 bits per heavy atom. The van der Waals surface area contributed by atoms with Crippen molar-refractivity contribution in [1.29, 1.82) is 0 Å². The van der Waals surface area contributed by atoms with E-state index < -0.39 is 11.5 Å². The molecule has 1 saturated carbocycles. The van der Waals surface area contributed by atoms with Gasteiger partial charge in [-0.2, -0.15) is 0 Å². The molecular weight excluding hydrogens is 325 g/mol. The third-order valence-electron chi connectivity index (χ3n) is 4.41. The first-order valence-corrected chi connectivity index (χ1v) is 8.09. The molecule has 1 fully saturated rings. The Kier molecular flexibility index (Phi) is 5.35. The van der Waals surface area contributed by atoms with E-state index >= 15 is 0 Å². The number of nitrogens with one attached hydrogen (secondary N) is 1. The maximum absolute atomic E-state index is 12.3. The summed E-state index contributed by atoms with van der Waals surface area (Å²) >= 11 is 11.9. The number of rotatable bonds is 4. The SMILES string of the molecule is CC1CCCCC1(NC(=O)Cc1ccc(Cl)cc1Cl)C(=O)O. The average molecular weight is 344 g/mol. The summed E-state index contributed by atoms with van der Waals surface area (Å²) in [6, 6.07) is 4.91. The molecule has 2 atom stereocenters. The number of amides is 1. The fourth-order valence-electron chi connectivity index (χ4n) is 3.04. The van der Waals surface area contributed by atoms with Crippen LogP contribution in [0.2, 0.25) is 10.0 Å². The zero-order valence-electron chi connectivity index (χ0n) is 12.4. The van der Waals surface area contributed by atoms with Crippen LogP contribution in [0.1, 0.15) is 38.2 Å². The van der Waals surface area contributed by atoms with Gasteiger partial charge in [0.05, 0.1) is 6.42 Å². The van der Waals surface area contributed by atoms with Crippen molar-refractivity contribution in [2.24, 2.45) is 5.92 Å². The lowest BCUT2D eigenvalue weighted by Crippen LogP contribution is -2.60. The highest BCUT2D eigenvalue weighted by atomic mass is 35.5. The molecule has 1 aromatic rings. The molecule has 1 amide bonds. The van der Waals surface area contributed by atoms with Gasteiger partial charge < -0.3 is 10.4 Å². The standard InChI is InChI=1S/C16H19Cl2NO3/c1-10-4-2-3-7-16(10,15(21)22)19-14(20)8-11-5-6-12(17)9-13(11)18/h5-6,9-10H,2-4,7-8H2,1H3,(H,19,20)(H,21,22). The van der Waals surface area contributed by atoms with Crippen LogP contribution in [0.5, 0.6) is 0 Å². The van der Waals surface area contributed by atoms with Crippen LogP contribution in [0.15, 0.2) is 18.2 Å². The van der Waals surface area contributed by atoms with Crippen LogP contribution in [0.25, 0.3) is 0 Å². The van der Waals surface area contributed by atoms with Gasteiger partial charge >= 0.3 is 5.97 Å². The van der Waals surface area contributed by atoms with Crippen LogP contribution in [0.4, 0.5) is 0 Å². The minimum atomic E-state index is -1.17. The maximum Gasteiger partial charge on any atom is 0.329 e. The Hall–Kier alpha value is -1.26. The normalized spacial score (nSPS) is 24.8. The highest BCUT2D eigenvalue weighted by molar-refractivity contribution is 6.35. The lowest BCUT2D eigenvalue weighted by Gasteiger charge is -2.39. The van der Waals surface area contributed by atoms with Crippen LogP contribution in [0.3, 0.4) is 0 Å². The fourth-order valence-corrected chi connectivity index (χ4v) is 3.51. The minimum absolute atomic E-state index is 0.0394. The van der Waals surface area contributed by atoms with Gasteiger partial charge in [-0.25, -0.2) is 4.79 Å². The largest absolute Gasteiger partial charge is 0.479 e.